The molecule has 3 heterocycles. The molecule has 9 heteroatoms. The van der Waals surface area contributed by atoms with E-state index in [1.807, 2.05) is 0 Å². The lowest BCUT2D eigenvalue weighted by Crippen LogP contribution is -3.18. The largest absolute Gasteiger partial charge is 0.454 e. The zero-order chi connectivity index (χ0) is 19.0. The van der Waals surface area contributed by atoms with Gasteiger partial charge in [-0.25, -0.2) is 8.42 Å². The summed E-state index contributed by atoms with van der Waals surface area (Å²) in [6.07, 6.45) is 3.99. The molecule has 2 saturated heterocycles. The number of sulfone groups is 1. The Hall–Kier alpha value is -1.77. The molecule has 0 unspecified atom stereocenters. The van der Waals surface area contributed by atoms with E-state index in [1.165, 1.54) is 4.90 Å². The number of piperazine rings is 1. The lowest BCUT2D eigenvalue weighted by atomic mass is 10.1. The summed E-state index contributed by atoms with van der Waals surface area (Å²) in [5.41, 5.74) is 0.776. The summed E-state index contributed by atoms with van der Waals surface area (Å²) in [6.45, 7) is 3.00. The van der Waals surface area contributed by atoms with Gasteiger partial charge in [0.15, 0.2) is 21.3 Å². The normalized spacial score (nSPS) is 24.6. The number of nitrogens with zero attached hydrogens (tertiary/aromatic N) is 1. The summed E-state index contributed by atoms with van der Waals surface area (Å²) in [7, 11) is -2.86. The van der Waals surface area contributed by atoms with Gasteiger partial charge in [0.25, 0.3) is 0 Å². The van der Waals surface area contributed by atoms with Crippen LogP contribution in [0.3, 0.4) is 0 Å². The summed E-state index contributed by atoms with van der Waals surface area (Å²) in [4.78, 5) is 15.6. The van der Waals surface area contributed by atoms with Crippen molar-refractivity contribution in [3.05, 3.63) is 28.8 Å². The van der Waals surface area contributed by atoms with Crippen LogP contribution in [0.5, 0.6) is 11.5 Å². The SMILES string of the molecule is O=C(/C=C/c1cc(Cl)c2c(c1)OCO2)N1CC[NH+]([C@H]2CCS(=O)(=O)C2)CC1. The average molecular weight is 414 g/mol. The Morgan fingerprint density at radius 3 is 2.74 bits per heavy atom. The highest BCUT2D eigenvalue weighted by molar-refractivity contribution is 7.91. The number of halogens is 1. The van der Waals surface area contributed by atoms with Gasteiger partial charge in [-0.05, 0) is 23.8 Å². The maximum Gasteiger partial charge on any atom is 0.246 e. The number of benzene rings is 1. The Morgan fingerprint density at radius 2 is 2.04 bits per heavy atom. The Bertz CT molecular complexity index is 878. The molecule has 0 spiro atoms. The Kier molecular flexibility index (Phi) is 5.05. The lowest BCUT2D eigenvalue weighted by Gasteiger charge is -2.34. The molecule has 0 saturated carbocycles. The number of rotatable bonds is 3. The van der Waals surface area contributed by atoms with Crippen molar-refractivity contribution in [2.24, 2.45) is 0 Å². The van der Waals surface area contributed by atoms with Gasteiger partial charge in [0, 0.05) is 12.5 Å². The first-order valence-corrected chi connectivity index (χ1v) is 11.2. The van der Waals surface area contributed by atoms with Crippen LogP contribution in [-0.2, 0) is 14.6 Å². The number of amides is 1. The first-order valence-electron chi connectivity index (χ1n) is 9.02. The van der Waals surface area contributed by atoms with Crippen LogP contribution in [-0.4, -0.2) is 69.7 Å². The minimum Gasteiger partial charge on any atom is -0.454 e. The first-order chi connectivity index (χ1) is 12.9. The monoisotopic (exact) mass is 413 g/mol. The molecule has 0 bridgehead atoms. The quantitative estimate of drug-likeness (QED) is 0.706. The average Bonchev–Trinajstić information content (AvgIpc) is 3.26. The van der Waals surface area contributed by atoms with Crippen molar-refractivity contribution < 1.29 is 27.6 Å². The van der Waals surface area contributed by atoms with Crippen LogP contribution in [0.15, 0.2) is 18.2 Å². The van der Waals surface area contributed by atoms with Crippen LogP contribution in [0.2, 0.25) is 5.02 Å². The molecule has 4 rings (SSSR count). The summed E-state index contributed by atoms with van der Waals surface area (Å²) < 4.78 is 33.9. The van der Waals surface area contributed by atoms with Gasteiger partial charge in [-0.3, -0.25) is 4.79 Å². The topological polar surface area (TPSA) is 77.3 Å². The van der Waals surface area contributed by atoms with Crippen molar-refractivity contribution >= 4 is 33.4 Å². The molecule has 146 valence electrons. The molecule has 1 aromatic carbocycles. The van der Waals surface area contributed by atoms with E-state index in [0.29, 0.717) is 35.4 Å². The lowest BCUT2D eigenvalue weighted by molar-refractivity contribution is -0.925. The van der Waals surface area contributed by atoms with Gasteiger partial charge in [0.2, 0.25) is 12.7 Å². The minimum absolute atomic E-state index is 0.0538. The second-order valence-electron chi connectivity index (χ2n) is 7.15. The highest BCUT2D eigenvalue weighted by Gasteiger charge is 2.37. The molecule has 1 atom stereocenters. The van der Waals surface area contributed by atoms with Crippen molar-refractivity contribution in [3.8, 4) is 11.5 Å². The molecule has 2 fully saturated rings. The summed E-state index contributed by atoms with van der Waals surface area (Å²) >= 11 is 6.16. The standard InChI is InChI=1S/C18H21ClN2O5S/c19-15-9-13(10-16-18(15)26-12-25-16)1-2-17(22)21-6-4-20(5-7-21)14-3-8-27(23,24)11-14/h1-2,9-10,14H,3-8,11-12H2/p+1/b2-1+/t14-/m0/s1. The zero-order valence-electron chi connectivity index (χ0n) is 14.8. The number of quaternary nitrogens is 1. The minimum atomic E-state index is -2.86. The van der Waals surface area contributed by atoms with Crippen molar-refractivity contribution in [2.75, 3.05) is 44.5 Å². The van der Waals surface area contributed by atoms with E-state index in [2.05, 4.69) is 0 Å². The molecule has 27 heavy (non-hydrogen) atoms. The second kappa shape index (κ2) is 7.33. The maximum atomic E-state index is 12.5. The van der Waals surface area contributed by atoms with Gasteiger partial charge in [-0.1, -0.05) is 11.6 Å². The number of carbonyl (C=O) groups is 1. The number of hydrogen-bond donors (Lipinski definition) is 1. The molecular formula is C18H22ClN2O5S+. The predicted octanol–water partition coefficient (Wildman–Crippen LogP) is -0.00390. The van der Waals surface area contributed by atoms with Gasteiger partial charge < -0.3 is 19.3 Å². The van der Waals surface area contributed by atoms with Crippen molar-refractivity contribution in [2.45, 2.75) is 12.5 Å². The zero-order valence-corrected chi connectivity index (χ0v) is 16.4. The highest BCUT2D eigenvalue weighted by Crippen LogP contribution is 2.40. The molecule has 1 amide bonds. The van der Waals surface area contributed by atoms with Crippen LogP contribution < -0.4 is 14.4 Å². The van der Waals surface area contributed by atoms with Gasteiger partial charge in [0.05, 0.1) is 37.0 Å². The third kappa shape index (κ3) is 4.07. The van der Waals surface area contributed by atoms with Crippen LogP contribution >= 0.6 is 11.6 Å². The van der Waals surface area contributed by atoms with Crippen LogP contribution in [0.4, 0.5) is 0 Å². The fourth-order valence-corrected chi connectivity index (χ4v) is 6.00. The molecule has 0 radical (unpaired) electrons. The molecule has 3 aliphatic heterocycles. The van der Waals surface area contributed by atoms with E-state index in [-0.39, 0.29) is 24.5 Å². The molecule has 3 aliphatic rings. The molecular weight excluding hydrogens is 392 g/mol. The molecule has 1 N–H and O–H groups in total. The molecule has 0 aromatic heterocycles. The Labute approximate surface area is 163 Å². The summed E-state index contributed by atoms with van der Waals surface area (Å²) in [5.74, 6) is 1.64. The van der Waals surface area contributed by atoms with Crippen molar-refractivity contribution in [3.63, 3.8) is 0 Å². The first kappa shape index (κ1) is 18.6. The fraction of sp³-hybridized carbons (Fsp3) is 0.500. The summed E-state index contributed by atoms with van der Waals surface area (Å²) in [6, 6.07) is 3.71. The number of hydrogen-bond acceptors (Lipinski definition) is 5. The van der Waals surface area contributed by atoms with Crippen molar-refractivity contribution in [1.82, 2.24) is 4.90 Å². The van der Waals surface area contributed by atoms with Crippen LogP contribution in [0.25, 0.3) is 6.08 Å². The number of carbonyl (C=O) groups excluding carboxylic acids is 1. The van der Waals surface area contributed by atoms with E-state index in [0.717, 1.165) is 25.1 Å². The van der Waals surface area contributed by atoms with Gasteiger partial charge in [0.1, 0.15) is 11.8 Å². The maximum absolute atomic E-state index is 12.5. The number of fused-ring (bicyclic) bond motifs is 1. The van der Waals surface area contributed by atoms with E-state index < -0.39 is 9.84 Å². The third-order valence-electron chi connectivity index (χ3n) is 5.40. The second-order valence-corrected chi connectivity index (χ2v) is 9.79. The van der Waals surface area contributed by atoms with E-state index >= 15 is 0 Å². The van der Waals surface area contributed by atoms with Gasteiger partial charge in [-0.2, -0.15) is 0 Å². The molecule has 1 aromatic rings. The van der Waals surface area contributed by atoms with E-state index in [9.17, 15) is 13.2 Å². The third-order valence-corrected chi connectivity index (χ3v) is 7.44. The summed E-state index contributed by atoms with van der Waals surface area (Å²) in [5, 5.41) is 0.459. The van der Waals surface area contributed by atoms with Gasteiger partial charge >= 0.3 is 0 Å². The molecule has 7 nitrogen and oxygen atoms in total. The Morgan fingerprint density at radius 1 is 1.26 bits per heavy atom. The smallest absolute Gasteiger partial charge is 0.246 e. The number of nitrogens with one attached hydrogen (secondary N) is 1. The van der Waals surface area contributed by atoms with Crippen LogP contribution in [0.1, 0.15) is 12.0 Å². The number of ether oxygens (including phenoxy) is 2. The predicted molar refractivity (Wildman–Crippen MR) is 101 cm³/mol. The van der Waals surface area contributed by atoms with Gasteiger partial charge in [-0.15, -0.1) is 0 Å². The van der Waals surface area contributed by atoms with Crippen molar-refractivity contribution in [1.29, 1.82) is 0 Å². The Balaban J connectivity index is 1.33. The fourth-order valence-electron chi connectivity index (χ4n) is 3.90. The van der Waals surface area contributed by atoms with E-state index in [1.54, 1.807) is 29.2 Å². The van der Waals surface area contributed by atoms with E-state index in [4.69, 9.17) is 21.1 Å². The van der Waals surface area contributed by atoms with Crippen LogP contribution in [0, 0.1) is 0 Å². The highest BCUT2D eigenvalue weighted by atomic mass is 35.5. The molecule has 0 aliphatic carbocycles.